The molecule has 3 aromatic carbocycles. The second kappa shape index (κ2) is 12.8. The molecule has 5 rings (SSSR count). The third-order valence-corrected chi connectivity index (χ3v) is 8.60. The van der Waals surface area contributed by atoms with E-state index in [4.69, 9.17) is 9.47 Å². The van der Waals surface area contributed by atoms with Crippen molar-refractivity contribution in [1.29, 1.82) is 0 Å². The van der Waals surface area contributed by atoms with Crippen molar-refractivity contribution in [2.45, 2.75) is 64.4 Å². The minimum absolute atomic E-state index is 0.00151. The number of halogens is 3. The largest absolute Gasteiger partial charge is 0.492 e. The summed E-state index contributed by atoms with van der Waals surface area (Å²) in [7, 11) is 0. The summed E-state index contributed by atoms with van der Waals surface area (Å²) in [5, 5.41) is 13.2. The van der Waals surface area contributed by atoms with Gasteiger partial charge in [0.2, 0.25) is 0 Å². The first kappa shape index (κ1) is 31.9. The highest BCUT2D eigenvalue weighted by atomic mass is 19.4. The van der Waals surface area contributed by atoms with E-state index >= 15 is 0 Å². The first-order chi connectivity index (χ1) is 20.8. The number of piperidine rings is 1. The van der Waals surface area contributed by atoms with E-state index in [-0.39, 0.29) is 11.8 Å². The molecule has 2 fully saturated rings. The van der Waals surface area contributed by atoms with Gasteiger partial charge in [-0.3, -0.25) is 4.90 Å². The molecule has 0 bridgehead atoms. The van der Waals surface area contributed by atoms with Gasteiger partial charge in [0.05, 0.1) is 5.56 Å². The number of rotatable bonds is 12. The average molecular weight is 611 g/mol. The van der Waals surface area contributed by atoms with Crippen LogP contribution < -0.4 is 14.8 Å². The predicted octanol–water partition coefficient (Wildman–Crippen LogP) is 6.48. The summed E-state index contributed by atoms with van der Waals surface area (Å²) in [5.41, 5.74) is 2.40. The molecule has 0 amide bonds. The molecule has 2 aliphatic rings. The molecule has 1 saturated heterocycles. The lowest BCUT2D eigenvalue weighted by Crippen LogP contribution is -2.33. The van der Waals surface area contributed by atoms with Gasteiger partial charge in [0.15, 0.2) is 6.10 Å². The Labute approximate surface area is 257 Å². The van der Waals surface area contributed by atoms with E-state index < -0.39 is 23.8 Å². The lowest BCUT2D eigenvalue weighted by atomic mass is 9.87. The number of alkyl halides is 3. The molecule has 6 nitrogen and oxygen atoms in total. The van der Waals surface area contributed by atoms with E-state index in [1.165, 1.54) is 6.07 Å². The summed E-state index contributed by atoms with van der Waals surface area (Å²) in [6.07, 6.45) is -5.13. The number of aryl methyl sites for hydroxylation is 1. The number of aliphatic carboxylic acids is 1. The van der Waals surface area contributed by atoms with E-state index in [9.17, 15) is 23.1 Å². The molecule has 0 spiro atoms. The maximum absolute atomic E-state index is 13.5. The fraction of sp³-hybridized carbons (Fsp3) is 0.457. The normalized spacial score (nSPS) is 20.7. The third-order valence-electron chi connectivity index (χ3n) is 8.60. The number of carboxylic acids is 1. The molecule has 1 heterocycles. The van der Waals surface area contributed by atoms with Gasteiger partial charge in [-0.15, -0.1) is 0 Å². The molecule has 2 N–H and O–H groups in total. The van der Waals surface area contributed by atoms with Crippen molar-refractivity contribution in [3.63, 3.8) is 0 Å². The van der Waals surface area contributed by atoms with E-state index in [1.807, 2.05) is 48.5 Å². The molecule has 9 heteroatoms. The summed E-state index contributed by atoms with van der Waals surface area (Å²) >= 11 is 0. The van der Waals surface area contributed by atoms with Crippen molar-refractivity contribution in [3.8, 4) is 11.5 Å². The van der Waals surface area contributed by atoms with Crippen LogP contribution in [0.25, 0.3) is 0 Å². The highest BCUT2D eigenvalue weighted by Crippen LogP contribution is 2.46. The smallest absolute Gasteiger partial charge is 0.416 e. The van der Waals surface area contributed by atoms with Gasteiger partial charge in [-0.2, -0.15) is 13.2 Å². The summed E-state index contributed by atoms with van der Waals surface area (Å²) in [6.45, 7) is 11.1. The van der Waals surface area contributed by atoms with Crippen LogP contribution in [0.2, 0.25) is 0 Å². The van der Waals surface area contributed by atoms with Gasteiger partial charge in [0, 0.05) is 38.6 Å². The average Bonchev–Trinajstić information content (AvgIpc) is 3.40. The molecule has 44 heavy (non-hydrogen) atoms. The Morgan fingerprint density at radius 1 is 0.977 bits per heavy atom. The molecule has 1 aliphatic heterocycles. The number of hydrogen-bond acceptors (Lipinski definition) is 5. The maximum atomic E-state index is 13.5. The standard InChI is InChI=1S/C35H41F3N2O4/c1-22-5-8-24(30(17-22)35(36,37)38)19-40-20-28-29(21-40)32(28)39-15-16-43-26-11-6-23(7-12-26)18-31(33(41)42)44-27-13-9-25(10-14-27)34(2,3)4/h5-14,17,28-29,31-32,39H,15-16,18-21H2,1-4H3,(H,41,42)/t28?,29?,31-,32?/m0/s1. The lowest BCUT2D eigenvalue weighted by molar-refractivity contribution is -0.145. The van der Waals surface area contributed by atoms with Gasteiger partial charge in [0.1, 0.15) is 18.1 Å². The van der Waals surface area contributed by atoms with Crippen LogP contribution in [0.4, 0.5) is 13.2 Å². The zero-order chi connectivity index (χ0) is 31.6. The molecule has 1 saturated carbocycles. The Kier molecular flexibility index (Phi) is 9.28. The van der Waals surface area contributed by atoms with Gasteiger partial charge in [-0.05, 0) is 71.2 Å². The molecule has 0 radical (unpaired) electrons. The Hall–Kier alpha value is -3.56. The van der Waals surface area contributed by atoms with Crippen LogP contribution in [0.5, 0.6) is 11.5 Å². The van der Waals surface area contributed by atoms with Gasteiger partial charge in [-0.25, -0.2) is 4.79 Å². The number of carboxylic acid groups (broad SMARTS) is 1. The molecule has 3 aromatic rings. The minimum Gasteiger partial charge on any atom is -0.492 e. The van der Waals surface area contributed by atoms with Gasteiger partial charge in [0.25, 0.3) is 0 Å². The number of ether oxygens (including phenoxy) is 2. The zero-order valence-corrected chi connectivity index (χ0v) is 25.7. The highest BCUT2D eigenvalue weighted by Gasteiger charge is 2.55. The fourth-order valence-electron chi connectivity index (χ4n) is 6.09. The molecule has 2 unspecified atom stereocenters. The first-order valence-electron chi connectivity index (χ1n) is 15.1. The summed E-state index contributed by atoms with van der Waals surface area (Å²) in [4.78, 5) is 14.0. The second-order valence-corrected chi connectivity index (χ2v) is 13.1. The zero-order valence-electron chi connectivity index (χ0n) is 25.7. The number of nitrogens with zero attached hydrogens (tertiary/aromatic N) is 1. The Balaban J connectivity index is 1.02. The molecular weight excluding hydrogens is 569 g/mol. The van der Waals surface area contributed by atoms with Crippen LogP contribution in [0.3, 0.4) is 0 Å². The van der Waals surface area contributed by atoms with Gasteiger partial charge < -0.3 is 19.9 Å². The van der Waals surface area contributed by atoms with Crippen LogP contribution in [-0.2, 0) is 29.4 Å². The van der Waals surface area contributed by atoms with Crippen molar-refractivity contribution in [1.82, 2.24) is 10.2 Å². The number of carbonyl (C=O) groups is 1. The number of hydrogen-bond donors (Lipinski definition) is 2. The molecular formula is C35H41F3N2O4. The SMILES string of the molecule is Cc1ccc(CN2CC3C(C2)C3NCCOc2ccc(C[C@H](Oc3ccc(C(C)(C)C)cc3)C(=O)O)cc2)c(C(F)(F)F)c1. The highest BCUT2D eigenvalue weighted by molar-refractivity contribution is 5.73. The predicted molar refractivity (Wildman–Crippen MR) is 163 cm³/mol. The molecule has 1 aliphatic carbocycles. The Morgan fingerprint density at radius 2 is 1.61 bits per heavy atom. The summed E-state index contributed by atoms with van der Waals surface area (Å²) < 4.78 is 52.1. The van der Waals surface area contributed by atoms with Crippen molar-refractivity contribution in [2.75, 3.05) is 26.2 Å². The minimum atomic E-state index is -4.34. The number of fused-ring (bicyclic) bond motifs is 1. The Morgan fingerprint density at radius 3 is 2.20 bits per heavy atom. The first-order valence-corrected chi connectivity index (χ1v) is 15.1. The van der Waals surface area contributed by atoms with Gasteiger partial charge in [-0.1, -0.05) is 62.7 Å². The van der Waals surface area contributed by atoms with Crippen molar-refractivity contribution < 1.29 is 32.5 Å². The molecule has 0 aromatic heterocycles. The van der Waals surface area contributed by atoms with E-state index in [1.54, 1.807) is 19.1 Å². The monoisotopic (exact) mass is 610 g/mol. The van der Waals surface area contributed by atoms with Crippen molar-refractivity contribution in [3.05, 3.63) is 94.5 Å². The topological polar surface area (TPSA) is 71.0 Å². The second-order valence-electron chi connectivity index (χ2n) is 13.1. The third kappa shape index (κ3) is 7.93. The number of benzene rings is 3. The van der Waals surface area contributed by atoms with E-state index in [0.717, 1.165) is 24.2 Å². The van der Waals surface area contributed by atoms with Crippen molar-refractivity contribution >= 4 is 5.97 Å². The fourth-order valence-corrected chi connectivity index (χ4v) is 6.09. The molecule has 236 valence electrons. The molecule has 3 atom stereocenters. The van der Waals surface area contributed by atoms with Crippen LogP contribution in [0.1, 0.15) is 48.6 Å². The van der Waals surface area contributed by atoms with E-state index in [2.05, 4.69) is 31.0 Å². The van der Waals surface area contributed by atoms with Crippen LogP contribution in [0.15, 0.2) is 66.7 Å². The Bertz CT molecular complexity index is 1420. The maximum Gasteiger partial charge on any atom is 0.416 e. The van der Waals surface area contributed by atoms with E-state index in [0.29, 0.717) is 60.2 Å². The quantitative estimate of drug-likeness (QED) is 0.229. The van der Waals surface area contributed by atoms with Crippen LogP contribution in [0, 0.1) is 18.8 Å². The van der Waals surface area contributed by atoms with Crippen LogP contribution >= 0.6 is 0 Å². The number of nitrogens with one attached hydrogen (secondary N) is 1. The van der Waals surface area contributed by atoms with Crippen LogP contribution in [-0.4, -0.2) is 54.4 Å². The van der Waals surface area contributed by atoms with Gasteiger partial charge >= 0.3 is 12.1 Å². The number of likely N-dealkylation sites (tertiary alicyclic amines) is 1. The summed E-state index contributed by atoms with van der Waals surface area (Å²) in [6, 6.07) is 19.9. The van der Waals surface area contributed by atoms with Crippen molar-refractivity contribution in [2.24, 2.45) is 11.8 Å². The summed E-state index contributed by atoms with van der Waals surface area (Å²) in [5.74, 6) is 1.10. The lowest BCUT2D eigenvalue weighted by Gasteiger charge is -2.22.